The van der Waals surface area contributed by atoms with Crippen molar-refractivity contribution in [1.29, 1.82) is 0 Å². The van der Waals surface area contributed by atoms with Crippen molar-refractivity contribution in [2.75, 3.05) is 5.75 Å². The van der Waals surface area contributed by atoms with E-state index in [1.165, 1.54) is 13.3 Å². The molecule has 0 saturated heterocycles. The molecule has 90 valence electrons. The average Bonchev–Trinajstić information content (AvgIpc) is 2.15. The van der Waals surface area contributed by atoms with Gasteiger partial charge in [0.1, 0.15) is 5.75 Å². The van der Waals surface area contributed by atoms with Crippen molar-refractivity contribution in [1.82, 2.24) is 5.48 Å². The van der Waals surface area contributed by atoms with E-state index in [-0.39, 0.29) is 11.8 Å². The molecule has 1 atom stereocenters. The van der Waals surface area contributed by atoms with Crippen LogP contribution in [0.25, 0.3) is 0 Å². The van der Waals surface area contributed by atoms with Gasteiger partial charge < -0.3 is 5.11 Å². The van der Waals surface area contributed by atoms with Crippen LogP contribution in [0.15, 0.2) is 0 Å². The highest BCUT2D eigenvalue weighted by molar-refractivity contribution is 7.86. The molecule has 6 heteroatoms. The quantitative estimate of drug-likeness (QED) is 0.683. The molecular weight excluding hydrogens is 218 g/mol. The maximum atomic E-state index is 11.2. The van der Waals surface area contributed by atoms with Crippen molar-refractivity contribution in [2.45, 2.75) is 51.2 Å². The summed E-state index contributed by atoms with van der Waals surface area (Å²) in [5.41, 5.74) is 2.57. The van der Waals surface area contributed by atoms with Gasteiger partial charge in [0, 0.05) is 6.04 Å². The summed E-state index contributed by atoms with van der Waals surface area (Å²) in [5, 5.41) is 8.94. The molecular formula is C9H19NO4S. The maximum absolute atomic E-state index is 11.2. The molecule has 0 aromatic rings. The predicted octanol–water partition coefficient (Wildman–Crippen LogP) is 0.551. The molecule has 0 amide bonds. The molecule has 1 saturated carbocycles. The summed E-state index contributed by atoms with van der Waals surface area (Å²) in [6.07, 6.45) is 4.42. The molecule has 1 rings (SSSR count). The first kappa shape index (κ1) is 12.9. The Hall–Kier alpha value is -0.170. The zero-order valence-electron chi connectivity index (χ0n) is 8.98. The maximum Gasteiger partial charge on any atom is 0.285 e. The fraction of sp³-hybridized carbons (Fsp3) is 1.00. The lowest BCUT2D eigenvalue weighted by Crippen LogP contribution is -2.35. The van der Waals surface area contributed by atoms with Gasteiger partial charge in [-0.3, -0.25) is 0 Å². The van der Waals surface area contributed by atoms with Gasteiger partial charge in [-0.05, 0) is 19.8 Å². The number of nitrogens with one attached hydrogen (secondary N) is 1. The van der Waals surface area contributed by atoms with E-state index >= 15 is 0 Å². The molecule has 1 unspecified atom stereocenters. The van der Waals surface area contributed by atoms with Crippen LogP contribution in [0.4, 0.5) is 0 Å². The predicted molar refractivity (Wildman–Crippen MR) is 56.6 cm³/mol. The van der Waals surface area contributed by atoms with Crippen LogP contribution in [0.1, 0.15) is 39.0 Å². The van der Waals surface area contributed by atoms with Crippen LogP contribution in [0, 0.1) is 0 Å². The topological polar surface area (TPSA) is 75.6 Å². The number of hydrogen-bond acceptors (Lipinski definition) is 5. The minimum Gasteiger partial charge on any atom is -0.392 e. The van der Waals surface area contributed by atoms with Crippen LogP contribution in [0.2, 0.25) is 0 Å². The van der Waals surface area contributed by atoms with Gasteiger partial charge in [0.05, 0.1) is 6.10 Å². The van der Waals surface area contributed by atoms with Crippen molar-refractivity contribution in [2.24, 2.45) is 0 Å². The standard InChI is InChI=1S/C9H19NO4S/c1-8(11)7-15(12,13)14-10-9-5-3-2-4-6-9/h8-11H,2-7H2,1H3. The molecule has 15 heavy (non-hydrogen) atoms. The Balaban J connectivity index is 2.28. The zero-order valence-corrected chi connectivity index (χ0v) is 9.79. The largest absolute Gasteiger partial charge is 0.392 e. The van der Waals surface area contributed by atoms with Crippen LogP contribution in [0.5, 0.6) is 0 Å². The molecule has 0 aliphatic heterocycles. The van der Waals surface area contributed by atoms with Crippen molar-refractivity contribution < 1.29 is 17.8 Å². The van der Waals surface area contributed by atoms with Crippen LogP contribution < -0.4 is 5.48 Å². The van der Waals surface area contributed by atoms with Crippen LogP contribution in [0.3, 0.4) is 0 Å². The number of hydroxylamine groups is 1. The minimum atomic E-state index is -3.64. The lowest BCUT2D eigenvalue weighted by atomic mass is 9.96. The Bertz CT molecular complexity index is 270. The number of aliphatic hydroxyl groups is 1. The second-order valence-electron chi connectivity index (χ2n) is 4.11. The molecule has 0 radical (unpaired) electrons. The van der Waals surface area contributed by atoms with E-state index in [1.54, 1.807) is 0 Å². The highest BCUT2D eigenvalue weighted by Crippen LogP contribution is 2.17. The van der Waals surface area contributed by atoms with Gasteiger partial charge in [0.2, 0.25) is 0 Å². The first-order valence-corrected chi connectivity index (χ1v) is 6.92. The molecule has 1 aliphatic rings. The van der Waals surface area contributed by atoms with Crippen molar-refractivity contribution in [3.05, 3.63) is 0 Å². The molecule has 1 fully saturated rings. The van der Waals surface area contributed by atoms with E-state index in [0.717, 1.165) is 25.7 Å². The summed E-state index contributed by atoms with van der Waals surface area (Å²) in [4.78, 5) is 0. The van der Waals surface area contributed by atoms with E-state index in [2.05, 4.69) is 9.76 Å². The highest BCUT2D eigenvalue weighted by Gasteiger charge is 2.19. The summed E-state index contributed by atoms with van der Waals surface area (Å²) in [5.74, 6) is -0.368. The van der Waals surface area contributed by atoms with Gasteiger partial charge in [-0.15, -0.1) is 0 Å². The molecule has 0 aromatic heterocycles. The summed E-state index contributed by atoms with van der Waals surface area (Å²) in [7, 11) is -3.64. The van der Waals surface area contributed by atoms with Crippen molar-refractivity contribution in [3.8, 4) is 0 Å². The SMILES string of the molecule is CC(O)CS(=O)(=O)ONC1CCCCC1. The molecule has 0 bridgehead atoms. The van der Waals surface area contributed by atoms with E-state index < -0.39 is 16.2 Å². The Morgan fingerprint density at radius 2 is 2.00 bits per heavy atom. The van der Waals surface area contributed by atoms with Gasteiger partial charge in [0.15, 0.2) is 0 Å². The monoisotopic (exact) mass is 237 g/mol. The third-order valence-electron chi connectivity index (χ3n) is 2.39. The number of hydrogen-bond donors (Lipinski definition) is 2. The summed E-state index contributed by atoms with van der Waals surface area (Å²) in [6, 6.07) is 0.127. The molecule has 0 aromatic carbocycles. The smallest absolute Gasteiger partial charge is 0.285 e. The average molecular weight is 237 g/mol. The van der Waals surface area contributed by atoms with Gasteiger partial charge in [-0.2, -0.15) is 18.2 Å². The van der Waals surface area contributed by atoms with Gasteiger partial charge in [0.25, 0.3) is 10.1 Å². The molecule has 0 heterocycles. The Kier molecular flexibility index (Phi) is 4.98. The van der Waals surface area contributed by atoms with Crippen molar-refractivity contribution >= 4 is 10.1 Å². The third kappa shape index (κ3) is 5.46. The van der Waals surface area contributed by atoms with Gasteiger partial charge >= 0.3 is 0 Å². The Labute approximate surface area is 90.9 Å². The van der Waals surface area contributed by atoms with E-state index in [0.29, 0.717) is 0 Å². The lowest BCUT2D eigenvalue weighted by molar-refractivity contribution is 0.135. The van der Waals surface area contributed by atoms with Crippen LogP contribution in [-0.4, -0.2) is 31.4 Å². The highest BCUT2D eigenvalue weighted by atomic mass is 32.2. The number of aliphatic hydroxyl groups excluding tert-OH is 1. The number of rotatable bonds is 5. The first-order chi connectivity index (χ1) is 6.99. The van der Waals surface area contributed by atoms with Gasteiger partial charge in [-0.1, -0.05) is 19.3 Å². The summed E-state index contributed by atoms with van der Waals surface area (Å²) < 4.78 is 27.1. The second-order valence-corrected chi connectivity index (χ2v) is 5.72. The molecule has 0 spiro atoms. The van der Waals surface area contributed by atoms with E-state index in [1.807, 2.05) is 0 Å². The fourth-order valence-electron chi connectivity index (χ4n) is 1.69. The normalized spacial score (nSPS) is 21.5. The summed E-state index contributed by atoms with van der Waals surface area (Å²) >= 11 is 0. The second kappa shape index (κ2) is 5.79. The Morgan fingerprint density at radius 3 is 2.53 bits per heavy atom. The molecule has 5 nitrogen and oxygen atoms in total. The fourth-order valence-corrected chi connectivity index (χ4v) is 2.63. The third-order valence-corrected chi connectivity index (χ3v) is 3.63. The summed E-state index contributed by atoms with van der Waals surface area (Å²) in [6.45, 7) is 1.42. The van der Waals surface area contributed by atoms with E-state index in [4.69, 9.17) is 5.11 Å². The van der Waals surface area contributed by atoms with Crippen LogP contribution in [-0.2, 0) is 14.4 Å². The minimum absolute atomic E-state index is 0.127. The van der Waals surface area contributed by atoms with Crippen molar-refractivity contribution in [3.63, 3.8) is 0 Å². The Morgan fingerprint density at radius 1 is 1.40 bits per heavy atom. The van der Waals surface area contributed by atoms with Gasteiger partial charge in [-0.25, -0.2) is 0 Å². The first-order valence-electron chi connectivity index (χ1n) is 5.34. The molecule has 1 aliphatic carbocycles. The molecule has 2 N–H and O–H groups in total. The zero-order chi connectivity index (χ0) is 11.3. The van der Waals surface area contributed by atoms with Crippen LogP contribution >= 0.6 is 0 Å². The van der Waals surface area contributed by atoms with E-state index in [9.17, 15) is 8.42 Å². The lowest BCUT2D eigenvalue weighted by Gasteiger charge is -2.21.